The van der Waals surface area contributed by atoms with Gasteiger partial charge < -0.3 is 28.4 Å². The van der Waals surface area contributed by atoms with Crippen LogP contribution in [0.15, 0.2) is 28.8 Å². The summed E-state index contributed by atoms with van der Waals surface area (Å²) in [5, 5.41) is 0.517. The van der Waals surface area contributed by atoms with Crippen LogP contribution in [0.2, 0.25) is 0 Å². The van der Waals surface area contributed by atoms with Crippen molar-refractivity contribution in [2.24, 2.45) is 4.99 Å². The lowest BCUT2D eigenvalue weighted by molar-refractivity contribution is -0.462. The third-order valence-corrected chi connectivity index (χ3v) is 8.99. The number of hydrogen-bond acceptors (Lipinski definition) is 10. The molecule has 3 heterocycles. The summed E-state index contributed by atoms with van der Waals surface area (Å²) in [5.74, 6) is -0.801. The van der Waals surface area contributed by atoms with Gasteiger partial charge in [-0.3, -0.25) is 9.89 Å². The molecule has 0 N–H and O–H groups in total. The van der Waals surface area contributed by atoms with Crippen LogP contribution in [0.5, 0.6) is 0 Å². The molecule has 0 spiro atoms. The monoisotopic (exact) mass is 558 g/mol. The SMILES string of the molecule is CC=CC(=CC)CSCC1OC2SC(N(C)C(=O)OC(C)(C)C)=NC2C2OC(C)(OC)C(C)(OC)OC12. The van der Waals surface area contributed by atoms with Crippen molar-refractivity contribution in [3.63, 3.8) is 0 Å². The standard InChI is InChI=1S/C26H42N2O7S2/c1-11-13-16(12-2)14-36-15-17-19-20(34-26(7,31-10)25(6,30-9)33-19)18-21(32-17)37-22(27-18)28(8)23(29)35-24(3,4)5/h11-13,17-21H,14-15H2,1-10H3. The lowest BCUT2D eigenvalue weighted by atomic mass is 9.94. The van der Waals surface area contributed by atoms with Crippen molar-refractivity contribution in [2.45, 2.75) is 95.4 Å². The highest BCUT2D eigenvalue weighted by Crippen LogP contribution is 2.48. The molecule has 0 saturated carbocycles. The molecule has 2 fully saturated rings. The molecule has 3 aliphatic heterocycles. The van der Waals surface area contributed by atoms with Crippen LogP contribution in [0.4, 0.5) is 4.79 Å². The van der Waals surface area contributed by atoms with Crippen molar-refractivity contribution in [3.05, 3.63) is 23.8 Å². The molecule has 0 radical (unpaired) electrons. The summed E-state index contributed by atoms with van der Waals surface area (Å²) in [5.41, 5.74) is 0.280. The van der Waals surface area contributed by atoms with Gasteiger partial charge in [0.1, 0.15) is 29.3 Å². The third-order valence-electron chi connectivity index (χ3n) is 6.68. The number of thioether (sulfide) groups is 2. The molecule has 3 aliphatic rings. The summed E-state index contributed by atoms with van der Waals surface area (Å²) < 4.78 is 36.8. The molecule has 0 bridgehead atoms. The molecule has 11 heteroatoms. The van der Waals surface area contributed by atoms with Crippen molar-refractivity contribution in [3.8, 4) is 0 Å². The lowest BCUT2D eigenvalue weighted by Crippen LogP contribution is -2.71. The summed E-state index contributed by atoms with van der Waals surface area (Å²) in [7, 11) is 4.80. The first-order chi connectivity index (χ1) is 17.3. The number of allylic oxidation sites excluding steroid dienone is 3. The average Bonchev–Trinajstić information content (AvgIpc) is 3.27. The molecular formula is C26H42N2O7S2. The quantitative estimate of drug-likeness (QED) is 0.408. The van der Waals surface area contributed by atoms with E-state index in [2.05, 4.69) is 12.2 Å². The van der Waals surface area contributed by atoms with Crippen LogP contribution in [0.1, 0.15) is 48.5 Å². The second kappa shape index (κ2) is 12.0. The zero-order valence-corrected chi connectivity index (χ0v) is 25.2. The van der Waals surface area contributed by atoms with Crippen LogP contribution in [-0.2, 0) is 28.4 Å². The summed E-state index contributed by atoms with van der Waals surface area (Å²) in [6, 6.07) is -0.402. The molecule has 0 aromatic rings. The van der Waals surface area contributed by atoms with E-state index in [9.17, 15) is 4.79 Å². The molecule has 0 aromatic heterocycles. The minimum atomic E-state index is -1.17. The Morgan fingerprint density at radius 2 is 1.78 bits per heavy atom. The Morgan fingerprint density at radius 1 is 1.16 bits per heavy atom. The number of rotatable bonds is 7. The van der Waals surface area contributed by atoms with Gasteiger partial charge in [0.2, 0.25) is 11.6 Å². The first-order valence-electron chi connectivity index (χ1n) is 12.5. The smallest absolute Gasteiger partial charge is 0.416 e. The van der Waals surface area contributed by atoms with Crippen LogP contribution in [0, 0.1) is 0 Å². The van der Waals surface area contributed by atoms with E-state index in [1.54, 1.807) is 46.9 Å². The van der Waals surface area contributed by atoms with E-state index in [-0.39, 0.29) is 11.5 Å². The van der Waals surface area contributed by atoms with Gasteiger partial charge in [-0.1, -0.05) is 30.0 Å². The van der Waals surface area contributed by atoms with E-state index in [0.29, 0.717) is 10.9 Å². The first-order valence-corrected chi connectivity index (χ1v) is 14.5. The van der Waals surface area contributed by atoms with E-state index >= 15 is 0 Å². The number of amidine groups is 1. The lowest BCUT2D eigenvalue weighted by Gasteiger charge is -2.56. The molecule has 7 unspecified atom stereocenters. The molecule has 210 valence electrons. The van der Waals surface area contributed by atoms with Crippen molar-refractivity contribution in [2.75, 3.05) is 32.8 Å². The Labute approximate surface area is 229 Å². The Morgan fingerprint density at radius 3 is 2.32 bits per heavy atom. The zero-order valence-electron chi connectivity index (χ0n) is 23.6. The van der Waals surface area contributed by atoms with Crippen LogP contribution < -0.4 is 0 Å². The molecule has 0 aliphatic carbocycles. The van der Waals surface area contributed by atoms with Gasteiger partial charge in [0.05, 0.1) is 6.10 Å². The number of ether oxygens (including phenoxy) is 6. The summed E-state index contributed by atoms with van der Waals surface area (Å²) in [6.45, 7) is 13.2. The predicted octanol–water partition coefficient (Wildman–Crippen LogP) is 4.81. The number of amides is 1. The van der Waals surface area contributed by atoms with E-state index in [1.807, 2.05) is 40.7 Å². The largest absolute Gasteiger partial charge is 0.443 e. The Kier molecular flexibility index (Phi) is 9.86. The van der Waals surface area contributed by atoms with Crippen LogP contribution in [0.3, 0.4) is 0 Å². The maximum atomic E-state index is 12.7. The average molecular weight is 559 g/mol. The number of carbonyl (C=O) groups excluding carboxylic acids is 1. The molecule has 0 aromatic carbocycles. The van der Waals surface area contributed by atoms with Gasteiger partial charge in [-0.25, -0.2) is 4.79 Å². The molecular weight excluding hydrogens is 516 g/mol. The predicted molar refractivity (Wildman–Crippen MR) is 148 cm³/mol. The molecule has 7 atom stereocenters. The topological polar surface area (TPSA) is 88.1 Å². The Hall–Kier alpha value is -1.08. The Bertz CT molecular complexity index is 921. The number of hydrogen-bond donors (Lipinski definition) is 0. The van der Waals surface area contributed by atoms with Gasteiger partial charge in [0, 0.05) is 32.8 Å². The van der Waals surface area contributed by atoms with Crippen molar-refractivity contribution in [1.82, 2.24) is 4.90 Å². The van der Waals surface area contributed by atoms with Gasteiger partial charge >= 0.3 is 6.09 Å². The highest BCUT2D eigenvalue weighted by atomic mass is 32.2. The highest BCUT2D eigenvalue weighted by Gasteiger charge is 2.63. The second-order valence-corrected chi connectivity index (χ2v) is 12.5. The third kappa shape index (κ3) is 6.57. The van der Waals surface area contributed by atoms with Gasteiger partial charge in [0.25, 0.3) is 0 Å². The van der Waals surface area contributed by atoms with Gasteiger partial charge in [0.15, 0.2) is 5.17 Å². The summed E-state index contributed by atoms with van der Waals surface area (Å²) >= 11 is 3.17. The van der Waals surface area contributed by atoms with E-state index in [4.69, 9.17) is 33.4 Å². The normalized spacial score (nSPS) is 36.2. The molecule has 9 nitrogen and oxygen atoms in total. The van der Waals surface area contributed by atoms with Crippen LogP contribution in [-0.4, -0.2) is 95.9 Å². The minimum absolute atomic E-state index is 0.287. The van der Waals surface area contributed by atoms with E-state index in [0.717, 1.165) is 5.75 Å². The summed E-state index contributed by atoms with van der Waals surface area (Å²) in [4.78, 5) is 19.0. The number of carbonyl (C=O) groups is 1. The van der Waals surface area contributed by atoms with E-state index < -0.39 is 41.5 Å². The first kappa shape index (κ1) is 30.5. The van der Waals surface area contributed by atoms with Gasteiger partial charge in [-0.05, 0) is 54.0 Å². The number of methoxy groups -OCH3 is 2. The minimum Gasteiger partial charge on any atom is -0.443 e. The Balaban J connectivity index is 1.86. The fraction of sp³-hybridized carbons (Fsp3) is 0.769. The maximum Gasteiger partial charge on any atom is 0.416 e. The van der Waals surface area contributed by atoms with E-state index in [1.165, 1.54) is 22.2 Å². The fourth-order valence-corrected chi connectivity index (χ4v) is 6.60. The fourth-order valence-electron chi connectivity index (χ4n) is 4.31. The zero-order chi connectivity index (χ0) is 27.6. The van der Waals surface area contributed by atoms with Crippen LogP contribution >= 0.6 is 23.5 Å². The number of fused-ring (bicyclic) bond motifs is 3. The molecule has 3 rings (SSSR count). The molecule has 2 saturated heterocycles. The van der Waals surface area contributed by atoms with Crippen molar-refractivity contribution < 1.29 is 33.2 Å². The molecule has 1 amide bonds. The van der Waals surface area contributed by atoms with Crippen molar-refractivity contribution in [1.29, 1.82) is 0 Å². The second-order valence-electron chi connectivity index (χ2n) is 10.4. The molecule has 37 heavy (non-hydrogen) atoms. The maximum absolute atomic E-state index is 12.7. The summed E-state index contributed by atoms with van der Waals surface area (Å²) in [6.07, 6.45) is 4.58. The highest BCUT2D eigenvalue weighted by molar-refractivity contribution is 8.14. The number of nitrogens with zero attached hydrogens (tertiary/aromatic N) is 2. The van der Waals surface area contributed by atoms with Crippen molar-refractivity contribution >= 4 is 34.8 Å². The van der Waals surface area contributed by atoms with Crippen LogP contribution in [0.25, 0.3) is 0 Å². The number of aliphatic imine (C=N–C) groups is 1. The van der Waals surface area contributed by atoms with Gasteiger partial charge in [-0.15, -0.1) is 0 Å². The van der Waals surface area contributed by atoms with Gasteiger partial charge in [-0.2, -0.15) is 11.8 Å².